The maximum atomic E-state index is 5.80. The lowest BCUT2D eigenvalue weighted by atomic mass is 10.1. The number of rotatable bonds is 4. The molecule has 0 spiro atoms. The van der Waals surface area contributed by atoms with Crippen LogP contribution in [0.25, 0.3) is 5.69 Å². The Morgan fingerprint density at radius 3 is 2.67 bits per heavy atom. The highest BCUT2D eigenvalue weighted by molar-refractivity contribution is 5.50. The van der Waals surface area contributed by atoms with Crippen molar-refractivity contribution >= 4 is 5.69 Å². The van der Waals surface area contributed by atoms with Gasteiger partial charge >= 0.3 is 0 Å². The minimum absolute atomic E-state index is 0.0482. The summed E-state index contributed by atoms with van der Waals surface area (Å²) >= 11 is 0. The van der Waals surface area contributed by atoms with E-state index >= 15 is 0 Å². The van der Waals surface area contributed by atoms with Crippen molar-refractivity contribution in [3.05, 3.63) is 35.7 Å². The molecule has 6 nitrogen and oxygen atoms in total. The average Bonchev–Trinajstić information content (AvgIpc) is 3.15. The lowest BCUT2D eigenvalue weighted by Crippen LogP contribution is -2.11. The number of nitrogens with zero attached hydrogens (tertiary/aromatic N) is 4. The molecule has 1 aromatic heterocycles. The first-order valence-corrected chi connectivity index (χ1v) is 7.24. The van der Waals surface area contributed by atoms with Gasteiger partial charge in [0, 0.05) is 32.9 Å². The second kappa shape index (κ2) is 5.83. The molecule has 1 aliphatic rings. The number of hydrogen-bond acceptors (Lipinski definition) is 5. The zero-order valence-electron chi connectivity index (χ0n) is 12.5. The van der Waals surface area contributed by atoms with Crippen molar-refractivity contribution < 1.29 is 4.74 Å². The Kier molecular flexibility index (Phi) is 3.90. The maximum absolute atomic E-state index is 5.80. The Morgan fingerprint density at radius 1 is 1.33 bits per heavy atom. The third-order valence-electron chi connectivity index (χ3n) is 3.82. The zero-order valence-corrected chi connectivity index (χ0v) is 12.5. The summed E-state index contributed by atoms with van der Waals surface area (Å²) in [6.07, 6.45) is 2.11. The molecule has 2 N–H and O–H groups in total. The molecule has 3 rings (SSSR count). The molecule has 2 aromatic rings. The van der Waals surface area contributed by atoms with Crippen LogP contribution in [-0.4, -0.2) is 35.7 Å². The summed E-state index contributed by atoms with van der Waals surface area (Å²) in [6.45, 7) is 1.17. The number of ether oxygens (including phenoxy) is 1. The molecule has 1 atom stereocenters. The molecule has 21 heavy (non-hydrogen) atoms. The highest BCUT2D eigenvalue weighted by atomic mass is 16.5. The summed E-state index contributed by atoms with van der Waals surface area (Å²) < 4.78 is 7.66. The fourth-order valence-corrected chi connectivity index (χ4v) is 2.66. The Bertz CT molecular complexity index is 599. The molecule has 0 bridgehead atoms. The summed E-state index contributed by atoms with van der Waals surface area (Å²) in [6, 6.07) is 8.22. The Hall–Kier alpha value is -1.92. The first-order valence-electron chi connectivity index (χ1n) is 7.24. The van der Waals surface area contributed by atoms with Gasteiger partial charge in [0.25, 0.3) is 0 Å². The Labute approximate surface area is 124 Å². The van der Waals surface area contributed by atoms with Crippen LogP contribution in [0.15, 0.2) is 24.3 Å². The number of aromatic nitrogens is 3. The van der Waals surface area contributed by atoms with Crippen molar-refractivity contribution in [2.24, 2.45) is 5.73 Å². The van der Waals surface area contributed by atoms with Gasteiger partial charge in [-0.1, -0.05) is 5.21 Å². The van der Waals surface area contributed by atoms with Gasteiger partial charge in [0.05, 0.1) is 11.4 Å². The van der Waals surface area contributed by atoms with E-state index in [1.54, 1.807) is 0 Å². The first kappa shape index (κ1) is 14.0. The van der Waals surface area contributed by atoms with Crippen molar-refractivity contribution in [3.63, 3.8) is 0 Å². The summed E-state index contributed by atoms with van der Waals surface area (Å²) in [4.78, 5) is 2.07. The molecule has 112 valence electrons. The van der Waals surface area contributed by atoms with E-state index in [2.05, 4.69) is 27.3 Å². The lowest BCUT2D eigenvalue weighted by molar-refractivity contribution is 0.106. The molecule has 6 heteroatoms. The standard InChI is InChI=1S/C15H21N5O/c1-19(2)11-5-7-12(8-6-11)20-15(13(10-16)17-18-20)14-4-3-9-21-14/h5-8,14H,3-4,9-10,16H2,1-2H3. The van der Waals surface area contributed by atoms with Gasteiger partial charge in [0.2, 0.25) is 0 Å². The molecule has 0 saturated carbocycles. The molecular weight excluding hydrogens is 266 g/mol. The molecule has 0 aliphatic carbocycles. The SMILES string of the molecule is CN(C)c1ccc(-n2nnc(CN)c2C2CCCO2)cc1. The van der Waals surface area contributed by atoms with E-state index < -0.39 is 0 Å². The van der Waals surface area contributed by atoms with E-state index in [1.165, 1.54) is 0 Å². The Balaban J connectivity index is 1.99. The quantitative estimate of drug-likeness (QED) is 0.926. The predicted molar refractivity (Wildman–Crippen MR) is 81.5 cm³/mol. The van der Waals surface area contributed by atoms with Crippen LogP contribution in [0, 0.1) is 0 Å². The van der Waals surface area contributed by atoms with Crippen LogP contribution in [0.5, 0.6) is 0 Å². The molecule has 1 aliphatic heterocycles. The second-order valence-corrected chi connectivity index (χ2v) is 5.45. The molecule has 0 radical (unpaired) electrons. The third kappa shape index (κ3) is 2.64. The van der Waals surface area contributed by atoms with Crippen molar-refractivity contribution in [1.29, 1.82) is 0 Å². The van der Waals surface area contributed by atoms with Crippen LogP contribution >= 0.6 is 0 Å². The van der Waals surface area contributed by atoms with Crippen molar-refractivity contribution in [3.8, 4) is 5.69 Å². The van der Waals surface area contributed by atoms with Crippen LogP contribution < -0.4 is 10.6 Å². The van der Waals surface area contributed by atoms with Gasteiger partial charge < -0.3 is 15.4 Å². The van der Waals surface area contributed by atoms with E-state index in [0.29, 0.717) is 6.54 Å². The highest BCUT2D eigenvalue weighted by Crippen LogP contribution is 2.31. The summed E-state index contributed by atoms with van der Waals surface area (Å²) in [5.41, 5.74) is 9.74. The van der Waals surface area contributed by atoms with Gasteiger partial charge in [-0.2, -0.15) is 0 Å². The van der Waals surface area contributed by atoms with E-state index in [9.17, 15) is 0 Å². The molecule has 1 saturated heterocycles. The second-order valence-electron chi connectivity index (χ2n) is 5.45. The third-order valence-corrected chi connectivity index (χ3v) is 3.82. The van der Waals surface area contributed by atoms with Crippen LogP contribution in [0.3, 0.4) is 0 Å². The van der Waals surface area contributed by atoms with E-state index in [-0.39, 0.29) is 6.10 Å². The van der Waals surface area contributed by atoms with E-state index in [1.807, 2.05) is 30.9 Å². The minimum atomic E-state index is 0.0482. The van der Waals surface area contributed by atoms with Gasteiger partial charge in [-0.15, -0.1) is 5.10 Å². The maximum Gasteiger partial charge on any atom is 0.103 e. The number of benzene rings is 1. The summed E-state index contributed by atoms with van der Waals surface area (Å²) in [5, 5.41) is 8.48. The summed E-state index contributed by atoms with van der Waals surface area (Å²) in [5.74, 6) is 0. The lowest BCUT2D eigenvalue weighted by Gasteiger charge is -2.15. The molecule has 1 fully saturated rings. The smallest absolute Gasteiger partial charge is 0.103 e. The Morgan fingerprint density at radius 2 is 2.10 bits per heavy atom. The monoisotopic (exact) mass is 287 g/mol. The number of hydrogen-bond donors (Lipinski definition) is 1. The van der Waals surface area contributed by atoms with Crippen LogP contribution in [0.2, 0.25) is 0 Å². The van der Waals surface area contributed by atoms with Crippen LogP contribution in [-0.2, 0) is 11.3 Å². The molecule has 1 aromatic carbocycles. The van der Waals surface area contributed by atoms with Gasteiger partial charge in [-0.3, -0.25) is 0 Å². The van der Waals surface area contributed by atoms with Gasteiger partial charge in [0.1, 0.15) is 11.8 Å². The number of anilines is 1. The van der Waals surface area contributed by atoms with Crippen molar-refractivity contribution in [2.45, 2.75) is 25.5 Å². The van der Waals surface area contributed by atoms with Gasteiger partial charge in [-0.05, 0) is 37.1 Å². The minimum Gasteiger partial charge on any atom is -0.378 e. The van der Waals surface area contributed by atoms with Crippen LogP contribution in [0.4, 0.5) is 5.69 Å². The zero-order chi connectivity index (χ0) is 14.8. The molecule has 2 heterocycles. The summed E-state index contributed by atoms with van der Waals surface area (Å²) in [7, 11) is 4.05. The fraction of sp³-hybridized carbons (Fsp3) is 0.467. The first-order chi connectivity index (χ1) is 10.2. The largest absolute Gasteiger partial charge is 0.378 e. The highest BCUT2D eigenvalue weighted by Gasteiger charge is 2.26. The van der Waals surface area contributed by atoms with E-state index in [4.69, 9.17) is 10.5 Å². The van der Waals surface area contributed by atoms with Crippen molar-refractivity contribution in [1.82, 2.24) is 15.0 Å². The topological polar surface area (TPSA) is 69.2 Å². The predicted octanol–water partition coefficient (Wildman–Crippen LogP) is 1.64. The molecule has 1 unspecified atom stereocenters. The fourth-order valence-electron chi connectivity index (χ4n) is 2.66. The van der Waals surface area contributed by atoms with Gasteiger partial charge in [-0.25, -0.2) is 4.68 Å². The van der Waals surface area contributed by atoms with E-state index in [0.717, 1.165) is 42.2 Å². The van der Waals surface area contributed by atoms with Crippen LogP contribution in [0.1, 0.15) is 30.3 Å². The molecule has 0 amide bonds. The number of nitrogens with two attached hydrogens (primary N) is 1. The van der Waals surface area contributed by atoms with Gasteiger partial charge in [0.15, 0.2) is 0 Å². The normalized spacial score (nSPS) is 18.1. The molecular formula is C15H21N5O. The average molecular weight is 287 g/mol. The van der Waals surface area contributed by atoms with Crippen molar-refractivity contribution in [2.75, 3.05) is 25.6 Å².